The minimum absolute atomic E-state index is 0.0460. The molecule has 10 nitrogen and oxygen atoms in total. The first kappa shape index (κ1) is 26.6. The van der Waals surface area contributed by atoms with Gasteiger partial charge < -0.3 is 30.5 Å². The van der Waals surface area contributed by atoms with Crippen molar-refractivity contribution in [2.75, 3.05) is 13.1 Å². The predicted molar refractivity (Wildman–Crippen MR) is 142 cm³/mol. The maximum atomic E-state index is 13.2. The number of ether oxygens (including phenoxy) is 1. The number of likely N-dealkylation sites (tertiary alicyclic amines) is 1. The van der Waals surface area contributed by atoms with Crippen molar-refractivity contribution < 1.29 is 39.5 Å². The van der Waals surface area contributed by atoms with Gasteiger partial charge in [0.2, 0.25) is 0 Å². The van der Waals surface area contributed by atoms with E-state index in [0.717, 1.165) is 43.0 Å². The fourth-order valence-corrected chi connectivity index (χ4v) is 7.59. The minimum Gasteiger partial charge on any atom is -0.504 e. The summed E-state index contributed by atoms with van der Waals surface area (Å²) in [7, 11) is 0. The molecule has 2 aromatic rings. The number of phenolic OH excluding ortho intramolecular Hbond substituents is 1. The van der Waals surface area contributed by atoms with Crippen molar-refractivity contribution >= 4 is 17.8 Å². The largest absolute Gasteiger partial charge is 0.504 e. The first-order chi connectivity index (χ1) is 19.0. The zero-order chi connectivity index (χ0) is 28.4. The number of hydrogen-bond donors (Lipinski definition) is 5. The molecule has 1 saturated heterocycles. The molecule has 5 N–H and O–H groups in total. The van der Waals surface area contributed by atoms with Crippen LogP contribution in [0.15, 0.2) is 36.4 Å². The summed E-state index contributed by atoms with van der Waals surface area (Å²) in [5.74, 6) is -2.35. The molecule has 2 aliphatic heterocycles. The Morgan fingerprint density at radius 2 is 1.73 bits per heavy atom. The zero-order valence-corrected chi connectivity index (χ0v) is 22.3. The number of aliphatic hydroxyl groups is 1. The van der Waals surface area contributed by atoms with Crippen LogP contribution in [0.25, 0.3) is 0 Å². The van der Waals surface area contributed by atoms with Crippen LogP contribution in [0.4, 0.5) is 0 Å². The second-order valence-electron chi connectivity index (χ2n) is 11.9. The molecule has 5 unspecified atom stereocenters. The molecule has 2 bridgehead atoms. The van der Waals surface area contributed by atoms with Crippen LogP contribution in [0.1, 0.15) is 59.2 Å². The highest BCUT2D eigenvalue weighted by molar-refractivity contribution is 6.27. The molecule has 5 aliphatic rings. The second-order valence-corrected chi connectivity index (χ2v) is 11.9. The Balaban J connectivity index is 0.000000438. The lowest BCUT2D eigenvalue weighted by Gasteiger charge is -2.64. The molecule has 10 heteroatoms. The SMILES string of the molecule is Cc1ccc(C(=O)NC2CCC3(O)C4Cc5ccc(O)c6c5C3(CCN4CC3CC3)C2O6)cc1.O=C(O)C(=O)O. The average molecular weight is 551 g/mol. The Morgan fingerprint density at radius 1 is 1.02 bits per heavy atom. The lowest BCUT2D eigenvalue weighted by atomic mass is 9.48. The summed E-state index contributed by atoms with van der Waals surface area (Å²) in [5.41, 5.74) is 2.38. The molecule has 40 heavy (non-hydrogen) atoms. The van der Waals surface area contributed by atoms with Crippen LogP contribution in [0.3, 0.4) is 0 Å². The lowest BCUT2D eigenvalue weighted by Crippen LogP contribution is -2.78. The van der Waals surface area contributed by atoms with E-state index in [-0.39, 0.29) is 23.7 Å². The predicted octanol–water partition coefficient (Wildman–Crippen LogP) is 2.22. The second kappa shape index (κ2) is 9.49. The first-order valence-corrected chi connectivity index (χ1v) is 13.9. The molecule has 7 rings (SSSR count). The Hall–Kier alpha value is -3.63. The Bertz CT molecular complexity index is 1360. The molecule has 2 saturated carbocycles. The maximum absolute atomic E-state index is 13.2. The van der Waals surface area contributed by atoms with Crippen LogP contribution in [0.5, 0.6) is 11.5 Å². The molecular formula is C30H34N2O8. The van der Waals surface area contributed by atoms with Gasteiger partial charge in [0.25, 0.3) is 5.91 Å². The monoisotopic (exact) mass is 550 g/mol. The number of carbonyl (C=O) groups excluding carboxylic acids is 1. The molecule has 5 atom stereocenters. The van der Waals surface area contributed by atoms with Crippen molar-refractivity contribution in [1.82, 2.24) is 10.2 Å². The van der Waals surface area contributed by atoms with Crippen LogP contribution >= 0.6 is 0 Å². The van der Waals surface area contributed by atoms with E-state index in [1.165, 1.54) is 18.4 Å². The van der Waals surface area contributed by atoms with Crippen LogP contribution in [-0.2, 0) is 21.4 Å². The molecule has 2 aromatic carbocycles. The number of carbonyl (C=O) groups is 3. The highest BCUT2D eigenvalue weighted by atomic mass is 16.5. The average Bonchev–Trinajstić information content (AvgIpc) is 3.66. The fourth-order valence-electron chi connectivity index (χ4n) is 7.59. The van der Waals surface area contributed by atoms with Crippen LogP contribution in [-0.4, -0.2) is 80.1 Å². The summed E-state index contributed by atoms with van der Waals surface area (Å²) in [6, 6.07) is 11.2. The lowest BCUT2D eigenvalue weighted by molar-refractivity contribution is -0.191. The van der Waals surface area contributed by atoms with Crippen LogP contribution in [0, 0.1) is 12.8 Å². The topological polar surface area (TPSA) is 157 Å². The molecule has 3 aliphatic carbocycles. The summed E-state index contributed by atoms with van der Waals surface area (Å²) in [4.78, 5) is 33.9. The van der Waals surface area contributed by atoms with Crippen molar-refractivity contribution in [3.63, 3.8) is 0 Å². The van der Waals surface area contributed by atoms with E-state index in [1.54, 1.807) is 6.07 Å². The Kier molecular flexibility index (Phi) is 6.30. The van der Waals surface area contributed by atoms with Gasteiger partial charge in [0.05, 0.1) is 17.1 Å². The van der Waals surface area contributed by atoms with Gasteiger partial charge in [0, 0.05) is 23.7 Å². The van der Waals surface area contributed by atoms with E-state index in [2.05, 4.69) is 10.2 Å². The minimum atomic E-state index is -1.82. The van der Waals surface area contributed by atoms with Gasteiger partial charge in [-0.2, -0.15) is 0 Å². The third-order valence-corrected chi connectivity index (χ3v) is 9.58. The standard InChI is InChI=1S/C28H32N2O4.C2H2O4/c1-16-2-6-18(7-3-16)26(32)29-20-10-11-28(33)22-14-19-8-9-21(31)24-23(19)27(28,25(20)34-24)12-13-30(22)15-17-4-5-17;3-1(4)2(5)6/h2-3,6-9,17,20,22,25,31,33H,4-5,10-15H2,1H3,(H,29,32);(H,3,4)(H,5,6). The summed E-state index contributed by atoms with van der Waals surface area (Å²) in [6.45, 7) is 3.98. The van der Waals surface area contributed by atoms with Crippen molar-refractivity contribution in [3.05, 3.63) is 58.7 Å². The molecule has 0 radical (unpaired) electrons. The Labute approximate surface area is 231 Å². The van der Waals surface area contributed by atoms with Gasteiger partial charge in [-0.05, 0) is 81.7 Å². The first-order valence-electron chi connectivity index (χ1n) is 13.9. The van der Waals surface area contributed by atoms with Gasteiger partial charge >= 0.3 is 11.9 Å². The molecular weight excluding hydrogens is 516 g/mol. The quantitative estimate of drug-likeness (QED) is 0.360. The van der Waals surface area contributed by atoms with Crippen molar-refractivity contribution in [2.45, 2.75) is 74.7 Å². The number of aromatic hydroxyl groups is 1. The van der Waals surface area contributed by atoms with Gasteiger partial charge in [0.15, 0.2) is 11.5 Å². The van der Waals surface area contributed by atoms with E-state index < -0.39 is 29.1 Å². The molecule has 3 fully saturated rings. The number of benzene rings is 2. The number of aryl methyl sites for hydroxylation is 1. The highest BCUT2D eigenvalue weighted by Crippen LogP contribution is 2.65. The third kappa shape index (κ3) is 4.04. The normalized spacial score (nSPS) is 31.2. The highest BCUT2D eigenvalue weighted by Gasteiger charge is 2.73. The van der Waals surface area contributed by atoms with Crippen molar-refractivity contribution in [2.24, 2.45) is 5.92 Å². The summed E-state index contributed by atoms with van der Waals surface area (Å²) >= 11 is 0. The number of aliphatic carboxylic acids is 2. The molecule has 1 amide bonds. The number of carboxylic acids is 2. The number of nitrogens with one attached hydrogen (secondary N) is 1. The third-order valence-electron chi connectivity index (χ3n) is 9.58. The van der Waals surface area contributed by atoms with Gasteiger partial charge in [-0.25, -0.2) is 9.59 Å². The fraction of sp³-hybridized carbons (Fsp3) is 0.500. The van der Waals surface area contributed by atoms with Crippen molar-refractivity contribution in [1.29, 1.82) is 0 Å². The van der Waals surface area contributed by atoms with Gasteiger partial charge in [0.1, 0.15) is 6.10 Å². The molecule has 1 spiro atoms. The number of hydrogen-bond acceptors (Lipinski definition) is 7. The van der Waals surface area contributed by atoms with Crippen molar-refractivity contribution in [3.8, 4) is 11.5 Å². The summed E-state index contributed by atoms with van der Waals surface area (Å²) in [5, 5.41) is 41.3. The van der Waals surface area contributed by atoms with Gasteiger partial charge in [-0.15, -0.1) is 0 Å². The molecule has 2 heterocycles. The van der Waals surface area contributed by atoms with Gasteiger partial charge in [-0.1, -0.05) is 23.8 Å². The van der Waals surface area contributed by atoms with Crippen LogP contribution in [0.2, 0.25) is 0 Å². The van der Waals surface area contributed by atoms with E-state index in [0.29, 0.717) is 24.2 Å². The van der Waals surface area contributed by atoms with E-state index >= 15 is 0 Å². The number of phenols is 1. The van der Waals surface area contributed by atoms with Gasteiger partial charge in [-0.3, -0.25) is 9.69 Å². The smallest absolute Gasteiger partial charge is 0.414 e. The zero-order valence-electron chi connectivity index (χ0n) is 22.3. The molecule has 212 valence electrons. The van der Waals surface area contributed by atoms with Crippen LogP contribution < -0.4 is 10.1 Å². The number of carboxylic acid groups (broad SMARTS) is 2. The van der Waals surface area contributed by atoms with E-state index in [9.17, 15) is 15.0 Å². The number of amides is 1. The van der Waals surface area contributed by atoms with E-state index in [1.807, 2.05) is 37.3 Å². The molecule has 0 aromatic heterocycles. The number of piperidine rings is 1. The van der Waals surface area contributed by atoms with E-state index in [4.69, 9.17) is 24.5 Å². The summed E-state index contributed by atoms with van der Waals surface area (Å²) < 4.78 is 6.53. The number of nitrogens with zero attached hydrogens (tertiary/aromatic N) is 1. The maximum Gasteiger partial charge on any atom is 0.414 e. The number of rotatable bonds is 4. The Morgan fingerprint density at radius 3 is 2.38 bits per heavy atom. The summed E-state index contributed by atoms with van der Waals surface area (Å²) in [6.07, 6.45) is 5.01.